The van der Waals surface area contributed by atoms with Crippen molar-refractivity contribution in [1.82, 2.24) is 6.15 Å². The first-order valence-electron chi connectivity index (χ1n) is 2.92. The molecule has 0 bridgehead atoms. The van der Waals surface area contributed by atoms with E-state index in [1.54, 1.807) is 0 Å². The summed E-state index contributed by atoms with van der Waals surface area (Å²) in [6.07, 6.45) is 0. The third-order valence-corrected chi connectivity index (χ3v) is 1.44. The third-order valence-electron chi connectivity index (χ3n) is 1.06. The van der Waals surface area contributed by atoms with Gasteiger partial charge in [0.05, 0.1) is 0 Å². The molecule has 0 aliphatic rings. The quantitative estimate of drug-likeness (QED) is 0.533. The summed E-state index contributed by atoms with van der Waals surface area (Å²) in [5, 5.41) is 8.95. The summed E-state index contributed by atoms with van der Waals surface area (Å²) < 4.78 is 34.1. The van der Waals surface area contributed by atoms with Crippen molar-refractivity contribution in [1.29, 1.82) is 0 Å². The summed E-state index contributed by atoms with van der Waals surface area (Å²) in [6.45, 7) is 0. The lowest BCUT2D eigenvalue weighted by molar-refractivity contribution is 0.359. The van der Waals surface area contributed by atoms with Crippen LogP contribution >= 0.6 is 0 Å². The minimum Gasteiger partial charge on any atom is -0.716 e. The molecule has 0 amide bonds. The average Bonchev–Trinajstić information content (AvgIpc) is 1.91. The van der Waals surface area contributed by atoms with Crippen LogP contribution in [0.4, 0.5) is 0 Å². The van der Waals surface area contributed by atoms with Gasteiger partial charge in [-0.3, -0.25) is 0 Å². The Morgan fingerprint density at radius 3 is 2.31 bits per heavy atom. The summed E-state index contributed by atoms with van der Waals surface area (Å²) in [4.78, 5) is 0. The van der Waals surface area contributed by atoms with Crippen LogP contribution in [-0.4, -0.2) is 18.1 Å². The van der Waals surface area contributed by atoms with Crippen molar-refractivity contribution in [3.63, 3.8) is 0 Å². The Hall–Kier alpha value is -1.31. The second-order valence-electron chi connectivity index (χ2n) is 1.96. The average molecular weight is 206 g/mol. The van der Waals surface area contributed by atoms with E-state index in [-0.39, 0.29) is 11.9 Å². The van der Waals surface area contributed by atoms with E-state index in [2.05, 4.69) is 4.18 Å². The van der Waals surface area contributed by atoms with Gasteiger partial charge >= 0.3 is 0 Å². The molecule has 74 valence electrons. The van der Waals surface area contributed by atoms with E-state index in [0.717, 1.165) is 0 Å². The number of para-hydroxylation sites is 2. The summed E-state index contributed by atoms with van der Waals surface area (Å²) in [5.74, 6) is -0.760. The standard InChI is InChI=1S/C6H6O5S.H3N/c7-5-3-1-2-4-6(5)11-12(8,9)10;/h1-4,7H,(H,8,9,10);1H3/p-1. The zero-order valence-corrected chi connectivity index (χ0v) is 7.32. The fraction of sp³-hybridized carbons (Fsp3) is 0. The Kier molecular flexibility index (Phi) is 3.67. The van der Waals surface area contributed by atoms with Crippen LogP contribution in [0.1, 0.15) is 0 Å². The predicted octanol–water partition coefficient (Wildman–Crippen LogP) is 0.393. The normalized spacial score (nSPS) is 10.2. The van der Waals surface area contributed by atoms with Crippen LogP contribution in [0.15, 0.2) is 24.3 Å². The summed E-state index contributed by atoms with van der Waals surface area (Å²) >= 11 is 0. The Labute approximate surface area is 75.3 Å². The molecule has 1 aromatic carbocycles. The SMILES string of the molecule is N.O=S(=O)([O-])Oc1ccccc1O. The van der Waals surface area contributed by atoms with E-state index in [1.807, 2.05) is 0 Å². The van der Waals surface area contributed by atoms with Gasteiger partial charge in [0.2, 0.25) is 0 Å². The van der Waals surface area contributed by atoms with Crippen molar-refractivity contribution in [2.75, 3.05) is 0 Å². The molecule has 0 saturated heterocycles. The molecule has 13 heavy (non-hydrogen) atoms. The molecule has 0 fully saturated rings. The van der Waals surface area contributed by atoms with Crippen molar-refractivity contribution < 1.29 is 22.3 Å². The lowest BCUT2D eigenvalue weighted by atomic mass is 10.3. The molecule has 0 aromatic heterocycles. The van der Waals surface area contributed by atoms with Gasteiger partial charge in [0.15, 0.2) is 11.5 Å². The maximum Gasteiger partial charge on any atom is 0.262 e. The van der Waals surface area contributed by atoms with E-state index in [0.29, 0.717) is 0 Å². The van der Waals surface area contributed by atoms with Crippen LogP contribution in [-0.2, 0) is 10.4 Å². The van der Waals surface area contributed by atoms with Crippen molar-refractivity contribution in [3.05, 3.63) is 24.3 Å². The van der Waals surface area contributed by atoms with Gasteiger partial charge in [0.1, 0.15) is 0 Å². The number of hydrogen-bond acceptors (Lipinski definition) is 6. The van der Waals surface area contributed by atoms with Gasteiger partial charge in [-0.05, 0) is 12.1 Å². The number of aromatic hydroxyl groups is 1. The van der Waals surface area contributed by atoms with Crippen molar-refractivity contribution in [2.24, 2.45) is 0 Å². The first kappa shape index (κ1) is 11.7. The van der Waals surface area contributed by atoms with Crippen LogP contribution in [0.25, 0.3) is 0 Å². The molecule has 4 N–H and O–H groups in total. The number of phenols is 1. The molecule has 1 rings (SSSR count). The molecule has 7 heteroatoms. The highest BCUT2D eigenvalue weighted by Crippen LogP contribution is 2.25. The van der Waals surface area contributed by atoms with Gasteiger partial charge < -0.3 is 20.0 Å². The topological polar surface area (TPSA) is 122 Å². The van der Waals surface area contributed by atoms with Crippen molar-refractivity contribution in [3.8, 4) is 11.5 Å². The van der Waals surface area contributed by atoms with E-state index in [1.165, 1.54) is 24.3 Å². The molecular formula is C6H8NO5S-. The van der Waals surface area contributed by atoms with Gasteiger partial charge in [-0.1, -0.05) is 12.1 Å². The van der Waals surface area contributed by atoms with Gasteiger partial charge in [-0.15, -0.1) is 0 Å². The summed E-state index contributed by atoms with van der Waals surface area (Å²) in [6, 6.07) is 5.28. The number of hydrogen-bond donors (Lipinski definition) is 2. The zero-order chi connectivity index (χ0) is 9.19. The zero-order valence-electron chi connectivity index (χ0n) is 6.50. The Morgan fingerprint density at radius 1 is 1.31 bits per heavy atom. The Morgan fingerprint density at radius 2 is 1.85 bits per heavy atom. The first-order valence-corrected chi connectivity index (χ1v) is 4.26. The summed E-state index contributed by atoms with van der Waals surface area (Å²) in [7, 11) is -4.81. The smallest absolute Gasteiger partial charge is 0.262 e. The molecule has 0 radical (unpaired) electrons. The number of phenolic OH excluding ortho intramolecular Hbond substituents is 1. The molecule has 0 saturated carbocycles. The fourth-order valence-corrected chi connectivity index (χ4v) is 0.998. The molecule has 0 heterocycles. The second kappa shape index (κ2) is 4.08. The highest BCUT2D eigenvalue weighted by atomic mass is 32.3. The lowest BCUT2D eigenvalue weighted by Crippen LogP contribution is -2.06. The van der Waals surface area contributed by atoms with Crippen LogP contribution in [0.3, 0.4) is 0 Å². The Balaban J connectivity index is 0.00000144. The van der Waals surface area contributed by atoms with E-state index >= 15 is 0 Å². The minimum atomic E-state index is -4.81. The van der Waals surface area contributed by atoms with E-state index in [4.69, 9.17) is 5.11 Å². The lowest BCUT2D eigenvalue weighted by Gasteiger charge is -2.09. The monoisotopic (exact) mass is 206 g/mol. The highest BCUT2D eigenvalue weighted by molar-refractivity contribution is 7.81. The second-order valence-corrected chi connectivity index (χ2v) is 2.94. The number of rotatable bonds is 2. The van der Waals surface area contributed by atoms with Crippen LogP contribution in [0.2, 0.25) is 0 Å². The molecule has 0 spiro atoms. The predicted molar refractivity (Wildman–Crippen MR) is 43.5 cm³/mol. The maximum absolute atomic E-state index is 10.1. The van der Waals surface area contributed by atoms with Crippen LogP contribution in [0.5, 0.6) is 11.5 Å². The highest BCUT2D eigenvalue weighted by Gasteiger charge is 2.03. The summed E-state index contributed by atoms with van der Waals surface area (Å²) in [5.41, 5.74) is 0. The van der Waals surface area contributed by atoms with Gasteiger partial charge in [-0.25, -0.2) is 8.42 Å². The largest absolute Gasteiger partial charge is 0.716 e. The molecule has 0 aliphatic heterocycles. The molecular weight excluding hydrogens is 198 g/mol. The molecule has 0 aliphatic carbocycles. The van der Waals surface area contributed by atoms with E-state index in [9.17, 15) is 13.0 Å². The van der Waals surface area contributed by atoms with Crippen LogP contribution in [0, 0.1) is 0 Å². The van der Waals surface area contributed by atoms with Crippen molar-refractivity contribution in [2.45, 2.75) is 0 Å². The van der Waals surface area contributed by atoms with Crippen molar-refractivity contribution >= 4 is 10.4 Å². The maximum atomic E-state index is 10.1. The minimum absolute atomic E-state index is 0. The number of benzene rings is 1. The molecule has 0 unspecified atom stereocenters. The fourth-order valence-electron chi connectivity index (χ4n) is 0.638. The Bertz CT molecular complexity index is 374. The van der Waals surface area contributed by atoms with E-state index < -0.39 is 16.1 Å². The van der Waals surface area contributed by atoms with Gasteiger partial charge in [0, 0.05) is 0 Å². The molecule has 6 nitrogen and oxygen atoms in total. The molecule has 1 aromatic rings. The van der Waals surface area contributed by atoms with Gasteiger partial charge in [0.25, 0.3) is 10.4 Å². The van der Waals surface area contributed by atoms with Crippen LogP contribution < -0.4 is 10.3 Å². The van der Waals surface area contributed by atoms with Gasteiger partial charge in [-0.2, -0.15) is 0 Å². The third kappa shape index (κ3) is 3.74. The first-order chi connectivity index (χ1) is 5.49. The molecule has 0 atom stereocenters.